The number of sulfonamides is 1. The highest BCUT2D eigenvalue weighted by molar-refractivity contribution is 7.89. The third-order valence-electron chi connectivity index (χ3n) is 6.29. The maximum absolute atomic E-state index is 15.6. The lowest BCUT2D eigenvalue weighted by molar-refractivity contribution is -0.203. The molecule has 6 nitrogen and oxygen atoms in total. The topological polar surface area (TPSA) is 69.7 Å². The van der Waals surface area contributed by atoms with E-state index in [0.717, 1.165) is 0 Å². The Kier molecular flexibility index (Phi) is 9.00. The zero-order chi connectivity index (χ0) is 22.7. The molecule has 2 aliphatic rings. The highest BCUT2D eigenvalue weighted by atomic mass is 35.5. The lowest BCUT2D eigenvalue weighted by Crippen LogP contribution is -2.74. The summed E-state index contributed by atoms with van der Waals surface area (Å²) in [6, 6.07) is 3.81. The minimum absolute atomic E-state index is 0. The smallest absolute Gasteiger partial charge is 0.292 e. The van der Waals surface area contributed by atoms with Crippen LogP contribution in [0.4, 0.5) is 13.2 Å². The van der Waals surface area contributed by atoms with Crippen molar-refractivity contribution >= 4 is 28.3 Å². The van der Waals surface area contributed by atoms with Gasteiger partial charge in [-0.15, -0.1) is 12.4 Å². The minimum atomic E-state index is -3.83. The van der Waals surface area contributed by atoms with E-state index in [1.165, 1.54) is 21.3 Å². The number of rotatable bonds is 7. The van der Waals surface area contributed by atoms with Crippen molar-refractivity contribution in [1.82, 2.24) is 14.5 Å². The Morgan fingerprint density at radius 2 is 1.78 bits per heavy atom. The van der Waals surface area contributed by atoms with Gasteiger partial charge < -0.3 is 0 Å². The predicted octanol–water partition coefficient (Wildman–Crippen LogP) is 3.44. The Hall–Kier alpha value is -1.36. The molecule has 0 bridgehead atoms. The first-order valence-electron chi connectivity index (χ1n) is 10.8. The molecule has 3 rings (SSSR count). The maximum atomic E-state index is 15.6. The zero-order valence-corrected chi connectivity index (χ0v) is 19.7. The molecule has 1 N–H and O–H groups in total. The third kappa shape index (κ3) is 5.24. The standard InChI is InChI=1S/C21H30F3N3O3S.ClH/c1-2-16-31(29,30)27-14-12-26(13-15-27)20(11-7-6-10-18(20)22)21(23,24)25-19(28)17-8-4-3-5-9-17;/h3-5,8-9,18H,2,6-7,10-16H2,1H3,(H,25,28);1H. The van der Waals surface area contributed by atoms with Crippen molar-refractivity contribution in [2.24, 2.45) is 0 Å². The summed E-state index contributed by atoms with van der Waals surface area (Å²) in [6.07, 6.45) is -0.612. The number of nitrogens with one attached hydrogen (secondary N) is 1. The van der Waals surface area contributed by atoms with E-state index in [0.29, 0.717) is 19.3 Å². The van der Waals surface area contributed by atoms with Crippen molar-refractivity contribution < 1.29 is 26.4 Å². The molecule has 1 aliphatic carbocycles. The Balaban J connectivity index is 0.00000363. The highest BCUT2D eigenvalue weighted by Gasteiger charge is 2.64. The summed E-state index contributed by atoms with van der Waals surface area (Å²) in [5.41, 5.74) is -2.13. The van der Waals surface area contributed by atoms with Gasteiger partial charge in [0.25, 0.3) is 5.91 Å². The van der Waals surface area contributed by atoms with Gasteiger partial charge in [0.2, 0.25) is 10.0 Å². The van der Waals surface area contributed by atoms with Crippen LogP contribution in [0.1, 0.15) is 49.4 Å². The van der Waals surface area contributed by atoms with E-state index in [1.54, 1.807) is 30.4 Å². The molecule has 1 aliphatic heterocycles. The number of nitrogens with zero attached hydrogens (tertiary/aromatic N) is 2. The second kappa shape index (κ2) is 10.7. The van der Waals surface area contributed by atoms with Crippen LogP contribution in [-0.2, 0) is 10.0 Å². The molecule has 1 aromatic rings. The number of carbonyl (C=O) groups is 1. The van der Waals surface area contributed by atoms with Gasteiger partial charge in [0.05, 0.1) is 5.75 Å². The van der Waals surface area contributed by atoms with Gasteiger partial charge >= 0.3 is 6.05 Å². The third-order valence-corrected chi connectivity index (χ3v) is 8.37. The molecule has 0 radical (unpaired) electrons. The molecule has 1 saturated carbocycles. The molecule has 32 heavy (non-hydrogen) atoms. The van der Waals surface area contributed by atoms with Crippen LogP contribution in [-0.4, -0.2) is 73.2 Å². The number of halogens is 4. The van der Waals surface area contributed by atoms with Crippen LogP contribution in [0.5, 0.6) is 0 Å². The molecule has 1 aromatic carbocycles. The van der Waals surface area contributed by atoms with Crippen molar-refractivity contribution in [3.05, 3.63) is 35.9 Å². The first kappa shape index (κ1) is 26.9. The maximum Gasteiger partial charge on any atom is 0.346 e. The first-order chi connectivity index (χ1) is 14.6. The van der Waals surface area contributed by atoms with Gasteiger partial charge in [0.1, 0.15) is 11.7 Å². The Morgan fingerprint density at radius 3 is 2.34 bits per heavy atom. The van der Waals surface area contributed by atoms with E-state index in [1.807, 2.05) is 0 Å². The van der Waals surface area contributed by atoms with Crippen molar-refractivity contribution in [1.29, 1.82) is 0 Å². The van der Waals surface area contributed by atoms with Crippen LogP contribution in [0.2, 0.25) is 0 Å². The van der Waals surface area contributed by atoms with Crippen molar-refractivity contribution in [3.8, 4) is 0 Å². The number of alkyl halides is 3. The van der Waals surface area contributed by atoms with Gasteiger partial charge in [0.15, 0.2) is 0 Å². The van der Waals surface area contributed by atoms with Crippen LogP contribution >= 0.6 is 12.4 Å². The minimum Gasteiger partial charge on any atom is -0.292 e. The van der Waals surface area contributed by atoms with Crippen molar-refractivity contribution in [3.63, 3.8) is 0 Å². The quantitative estimate of drug-likeness (QED) is 0.586. The number of piperazine rings is 1. The second-order valence-corrected chi connectivity index (χ2v) is 10.3. The number of hydrogen-bond acceptors (Lipinski definition) is 4. The first-order valence-corrected chi connectivity index (χ1v) is 12.4. The summed E-state index contributed by atoms with van der Waals surface area (Å²) < 4.78 is 72.5. The summed E-state index contributed by atoms with van der Waals surface area (Å²) in [4.78, 5) is 13.8. The molecule has 2 atom stereocenters. The molecule has 182 valence electrons. The molecule has 1 heterocycles. The lowest BCUT2D eigenvalue weighted by Gasteiger charge is -2.53. The molecular weight excluding hydrogens is 467 g/mol. The monoisotopic (exact) mass is 497 g/mol. The fourth-order valence-corrected chi connectivity index (χ4v) is 6.18. The molecule has 0 spiro atoms. The Morgan fingerprint density at radius 1 is 1.16 bits per heavy atom. The van der Waals surface area contributed by atoms with Crippen LogP contribution in [0.25, 0.3) is 0 Å². The average molecular weight is 498 g/mol. The molecule has 1 saturated heterocycles. The summed E-state index contributed by atoms with van der Waals surface area (Å²) in [5.74, 6) is -0.973. The molecule has 1 amide bonds. The number of carbonyl (C=O) groups excluding carboxylic acids is 1. The molecule has 0 aromatic heterocycles. The number of amides is 1. The van der Waals surface area contributed by atoms with Gasteiger partial charge in [-0.25, -0.2) is 12.8 Å². The van der Waals surface area contributed by atoms with E-state index in [-0.39, 0.29) is 62.7 Å². The molecule has 2 fully saturated rings. The van der Waals surface area contributed by atoms with Crippen LogP contribution in [0.3, 0.4) is 0 Å². The SMILES string of the molecule is CCCS(=O)(=O)N1CCN(C2(C(F)(F)NC(=O)c3ccccc3)CCCCC2F)CC1.Cl. The lowest BCUT2D eigenvalue weighted by atomic mass is 9.76. The predicted molar refractivity (Wildman–Crippen MR) is 119 cm³/mol. The van der Waals surface area contributed by atoms with Gasteiger partial charge in [-0.3, -0.25) is 15.0 Å². The summed E-state index contributed by atoms with van der Waals surface area (Å²) >= 11 is 0. The van der Waals surface area contributed by atoms with Gasteiger partial charge in [0, 0.05) is 31.7 Å². The van der Waals surface area contributed by atoms with Crippen molar-refractivity contribution in [2.75, 3.05) is 31.9 Å². The normalized spacial score (nSPS) is 25.7. The van der Waals surface area contributed by atoms with Gasteiger partial charge in [-0.2, -0.15) is 13.1 Å². The van der Waals surface area contributed by atoms with Crippen LogP contribution in [0.15, 0.2) is 30.3 Å². The number of benzene rings is 1. The Bertz CT molecular complexity index is 868. The zero-order valence-electron chi connectivity index (χ0n) is 18.1. The molecule has 2 unspecified atom stereocenters. The summed E-state index contributed by atoms with van der Waals surface area (Å²) in [7, 11) is -3.46. The average Bonchev–Trinajstić information content (AvgIpc) is 2.74. The Labute approximate surface area is 194 Å². The van der Waals surface area contributed by atoms with Crippen LogP contribution in [0, 0.1) is 0 Å². The number of hydrogen-bond donors (Lipinski definition) is 1. The molecule has 11 heteroatoms. The highest BCUT2D eigenvalue weighted by Crippen LogP contribution is 2.46. The molecular formula is C21H31ClF3N3O3S. The van der Waals surface area contributed by atoms with E-state index >= 15 is 13.2 Å². The van der Waals surface area contributed by atoms with E-state index < -0.39 is 33.7 Å². The van der Waals surface area contributed by atoms with E-state index in [4.69, 9.17) is 0 Å². The summed E-state index contributed by atoms with van der Waals surface area (Å²) in [5, 5.41) is 1.79. The summed E-state index contributed by atoms with van der Waals surface area (Å²) in [6.45, 7) is 1.79. The van der Waals surface area contributed by atoms with Crippen molar-refractivity contribution in [2.45, 2.75) is 56.8 Å². The second-order valence-electron chi connectivity index (χ2n) is 8.23. The van der Waals surface area contributed by atoms with Gasteiger partial charge in [-0.1, -0.05) is 38.0 Å². The van der Waals surface area contributed by atoms with E-state index in [2.05, 4.69) is 0 Å². The van der Waals surface area contributed by atoms with Gasteiger partial charge in [-0.05, 0) is 31.4 Å². The van der Waals surface area contributed by atoms with E-state index in [9.17, 15) is 13.2 Å². The fraction of sp³-hybridized carbons (Fsp3) is 0.667. The fourth-order valence-electron chi connectivity index (χ4n) is 4.69. The largest absolute Gasteiger partial charge is 0.346 e. The van der Waals surface area contributed by atoms with Crippen LogP contribution < -0.4 is 5.32 Å².